The van der Waals surface area contributed by atoms with Crippen LogP contribution < -0.4 is 0 Å². The van der Waals surface area contributed by atoms with Gasteiger partial charge in [0.25, 0.3) is 0 Å². The van der Waals surface area contributed by atoms with Crippen LogP contribution in [0.2, 0.25) is 0 Å². The molecule has 0 unspecified atom stereocenters. The second kappa shape index (κ2) is 5.37. The van der Waals surface area contributed by atoms with Gasteiger partial charge in [-0.1, -0.05) is 22.0 Å². The van der Waals surface area contributed by atoms with E-state index in [1.165, 1.54) is 0 Å². The number of hydrogen-bond acceptors (Lipinski definition) is 2. The van der Waals surface area contributed by atoms with Gasteiger partial charge in [0.15, 0.2) is 0 Å². The molecule has 0 fully saturated rings. The van der Waals surface area contributed by atoms with Crippen molar-refractivity contribution >= 4 is 15.9 Å². The van der Waals surface area contributed by atoms with Crippen molar-refractivity contribution in [1.82, 2.24) is 0 Å². The van der Waals surface area contributed by atoms with Crippen molar-refractivity contribution in [2.75, 3.05) is 14.2 Å². The first-order chi connectivity index (χ1) is 6.26. The zero-order valence-corrected chi connectivity index (χ0v) is 9.43. The number of ether oxygens (including phenoxy) is 2. The lowest BCUT2D eigenvalue weighted by Gasteiger charge is -2.05. The van der Waals surface area contributed by atoms with Crippen LogP contribution in [0.5, 0.6) is 0 Å². The van der Waals surface area contributed by atoms with E-state index in [-0.39, 0.29) is 0 Å². The minimum absolute atomic E-state index is 0.635. The van der Waals surface area contributed by atoms with Crippen LogP contribution in [-0.4, -0.2) is 14.2 Å². The molecule has 2 nitrogen and oxygen atoms in total. The molecule has 0 N–H and O–H groups in total. The lowest BCUT2D eigenvalue weighted by molar-refractivity contribution is 0.180. The second-order valence-corrected chi connectivity index (χ2v) is 3.75. The minimum Gasteiger partial charge on any atom is -0.380 e. The molecule has 0 aliphatic carbocycles. The van der Waals surface area contributed by atoms with Crippen LogP contribution in [0.15, 0.2) is 22.7 Å². The predicted molar refractivity (Wildman–Crippen MR) is 55.6 cm³/mol. The van der Waals surface area contributed by atoms with Crippen molar-refractivity contribution in [2.45, 2.75) is 13.2 Å². The van der Waals surface area contributed by atoms with Crippen LogP contribution in [0, 0.1) is 0 Å². The minimum atomic E-state index is 0.635. The highest BCUT2D eigenvalue weighted by Gasteiger charge is 1.98. The van der Waals surface area contributed by atoms with Gasteiger partial charge in [0, 0.05) is 18.7 Å². The Kier molecular flexibility index (Phi) is 4.42. The van der Waals surface area contributed by atoms with Crippen molar-refractivity contribution < 1.29 is 9.47 Å². The van der Waals surface area contributed by atoms with Crippen LogP contribution in [0.4, 0.5) is 0 Å². The lowest BCUT2D eigenvalue weighted by Crippen LogP contribution is -1.92. The number of hydrogen-bond donors (Lipinski definition) is 0. The van der Waals surface area contributed by atoms with E-state index >= 15 is 0 Å². The van der Waals surface area contributed by atoms with Gasteiger partial charge in [-0.25, -0.2) is 0 Å². The molecule has 0 saturated carbocycles. The topological polar surface area (TPSA) is 18.5 Å². The highest BCUT2D eigenvalue weighted by molar-refractivity contribution is 9.10. The molecule has 0 bridgehead atoms. The van der Waals surface area contributed by atoms with Crippen molar-refractivity contribution in [3.05, 3.63) is 33.8 Å². The molecule has 72 valence electrons. The Labute approximate surface area is 87.0 Å². The quantitative estimate of drug-likeness (QED) is 0.811. The summed E-state index contributed by atoms with van der Waals surface area (Å²) in [6, 6.07) is 6.17. The average molecular weight is 245 g/mol. The van der Waals surface area contributed by atoms with Crippen LogP contribution in [0.1, 0.15) is 11.1 Å². The molecule has 1 aromatic carbocycles. The predicted octanol–water partition coefficient (Wildman–Crippen LogP) is 2.74. The standard InChI is InChI=1S/C10H13BrO2/c1-12-6-8-3-9(7-13-2)5-10(11)4-8/h3-5H,6-7H2,1-2H3. The molecule has 0 atom stereocenters. The summed E-state index contributed by atoms with van der Waals surface area (Å²) in [5.74, 6) is 0. The maximum absolute atomic E-state index is 5.05. The third-order valence-electron chi connectivity index (χ3n) is 1.64. The van der Waals surface area contributed by atoms with E-state index in [4.69, 9.17) is 9.47 Å². The smallest absolute Gasteiger partial charge is 0.0713 e. The summed E-state index contributed by atoms with van der Waals surface area (Å²) in [6.07, 6.45) is 0. The molecule has 3 heteroatoms. The van der Waals surface area contributed by atoms with Gasteiger partial charge >= 0.3 is 0 Å². The number of rotatable bonds is 4. The summed E-state index contributed by atoms with van der Waals surface area (Å²) in [6.45, 7) is 1.27. The SMILES string of the molecule is COCc1cc(Br)cc(COC)c1. The van der Waals surface area contributed by atoms with Crippen molar-refractivity contribution in [2.24, 2.45) is 0 Å². The highest BCUT2D eigenvalue weighted by Crippen LogP contribution is 2.17. The van der Waals surface area contributed by atoms with Crippen molar-refractivity contribution in [1.29, 1.82) is 0 Å². The van der Waals surface area contributed by atoms with E-state index in [0.717, 1.165) is 15.6 Å². The van der Waals surface area contributed by atoms with Crippen LogP contribution in [0.3, 0.4) is 0 Å². The van der Waals surface area contributed by atoms with Gasteiger partial charge in [-0.2, -0.15) is 0 Å². The summed E-state index contributed by atoms with van der Waals surface area (Å²) in [7, 11) is 3.38. The molecule has 13 heavy (non-hydrogen) atoms. The van der Waals surface area contributed by atoms with Gasteiger partial charge in [0.1, 0.15) is 0 Å². The third-order valence-corrected chi connectivity index (χ3v) is 2.10. The summed E-state index contributed by atoms with van der Waals surface area (Å²) < 4.78 is 11.2. The molecule has 0 aromatic heterocycles. The third kappa shape index (κ3) is 3.46. The number of halogens is 1. The van der Waals surface area contributed by atoms with Gasteiger partial charge in [-0.15, -0.1) is 0 Å². The van der Waals surface area contributed by atoms with Crippen molar-refractivity contribution in [3.63, 3.8) is 0 Å². The fourth-order valence-electron chi connectivity index (χ4n) is 1.22. The fourth-order valence-corrected chi connectivity index (χ4v) is 1.81. The summed E-state index contributed by atoms with van der Waals surface area (Å²) in [5.41, 5.74) is 2.31. The zero-order chi connectivity index (χ0) is 9.68. The Morgan fingerprint density at radius 2 is 1.46 bits per heavy atom. The Balaban J connectivity index is 2.83. The molecular weight excluding hydrogens is 232 g/mol. The molecule has 0 heterocycles. The maximum Gasteiger partial charge on any atom is 0.0713 e. The normalized spacial score (nSPS) is 10.4. The van der Waals surface area contributed by atoms with Gasteiger partial charge in [0.2, 0.25) is 0 Å². The molecular formula is C10H13BrO2. The van der Waals surface area contributed by atoms with Crippen molar-refractivity contribution in [3.8, 4) is 0 Å². The van der Waals surface area contributed by atoms with E-state index in [1.807, 2.05) is 12.1 Å². The first-order valence-corrected chi connectivity index (χ1v) is 4.81. The average Bonchev–Trinajstić information content (AvgIpc) is 2.04. The van der Waals surface area contributed by atoms with Gasteiger partial charge in [-0.3, -0.25) is 0 Å². The molecule has 0 spiro atoms. The molecule has 0 aliphatic heterocycles. The van der Waals surface area contributed by atoms with E-state index in [1.54, 1.807) is 14.2 Å². The summed E-state index contributed by atoms with van der Waals surface area (Å²) in [4.78, 5) is 0. The van der Waals surface area contributed by atoms with E-state index in [2.05, 4.69) is 22.0 Å². The van der Waals surface area contributed by atoms with Crippen LogP contribution >= 0.6 is 15.9 Å². The highest BCUT2D eigenvalue weighted by atomic mass is 79.9. The Morgan fingerprint density at radius 3 is 1.85 bits per heavy atom. The van der Waals surface area contributed by atoms with Gasteiger partial charge < -0.3 is 9.47 Å². The fraction of sp³-hybridized carbons (Fsp3) is 0.400. The Bertz CT molecular complexity index is 249. The summed E-state index contributed by atoms with van der Waals surface area (Å²) in [5, 5.41) is 0. The van der Waals surface area contributed by atoms with E-state index in [0.29, 0.717) is 13.2 Å². The first-order valence-electron chi connectivity index (χ1n) is 4.02. The van der Waals surface area contributed by atoms with E-state index in [9.17, 15) is 0 Å². The molecule has 0 saturated heterocycles. The Morgan fingerprint density at radius 1 is 1.00 bits per heavy atom. The first kappa shape index (κ1) is 10.7. The second-order valence-electron chi connectivity index (χ2n) is 2.83. The Hall–Kier alpha value is -0.380. The maximum atomic E-state index is 5.05. The summed E-state index contributed by atoms with van der Waals surface area (Å²) >= 11 is 3.44. The van der Waals surface area contributed by atoms with Gasteiger partial charge in [-0.05, 0) is 23.3 Å². The molecule has 0 radical (unpaired) electrons. The van der Waals surface area contributed by atoms with E-state index < -0.39 is 0 Å². The number of benzene rings is 1. The molecule has 0 amide bonds. The molecule has 1 rings (SSSR count). The molecule has 0 aliphatic rings. The van der Waals surface area contributed by atoms with Crippen LogP contribution in [0.25, 0.3) is 0 Å². The molecule has 1 aromatic rings. The monoisotopic (exact) mass is 244 g/mol. The lowest BCUT2D eigenvalue weighted by atomic mass is 10.1. The van der Waals surface area contributed by atoms with Crippen LogP contribution in [-0.2, 0) is 22.7 Å². The number of methoxy groups -OCH3 is 2. The largest absolute Gasteiger partial charge is 0.380 e. The van der Waals surface area contributed by atoms with Gasteiger partial charge in [0.05, 0.1) is 13.2 Å². The zero-order valence-electron chi connectivity index (χ0n) is 7.84.